The molecule has 9 heavy (non-hydrogen) atoms. The molecule has 0 saturated carbocycles. The molecule has 0 aromatic rings. The predicted octanol–water partition coefficient (Wildman–Crippen LogP) is 0.305. The monoisotopic (exact) mass is 128 g/mol. The highest BCUT2D eigenvalue weighted by Crippen LogP contribution is 1.83. The van der Waals surface area contributed by atoms with E-state index in [2.05, 4.69) is 11.3 Å². The van der Waals surface area contributed by atoms with Crippen molar-refractivity contribution in [2.75, 3.05) is 6.61 Å². The van der Waals surface area contributed by atoms with E-state index in [1.807, 2.05) is 0 Å². The minimum Gasteiger partial charge on any atom is -0.458 e. The molecule has 0 N–H and O–H groups in total. The maximum atomic E-state index is 10.3. The van der Waals surface area contributed by atoms with Crippen LogP contribution in [0.25, 0.3) is 0 Å². The summed E-state index contributed by atoms with van der Waals surface area (Å²) in [5.74, 6) is -0.419. The van der Waals surface area contributed by atoms with Crippen molar-refractivity contribution in [3.05, 3.63) is 12.7 Å². The van der Waals surface area contributed by atoms with Gasteiger partial charge in [-0.05, 0) is 0 Å². The number of hydrogen-bond donors (Lipinski definition) is 0. The van der Waals surface area contributed by atoms with Gasteiger partial charge in [-0.15, -0.1) is 6.58 Å². The summed E-state index contributed by atoms with van der Waals surface area (Å²) in [7, 11) is 0. The molecule has 50 valence electrons. The molecule has 0 amide bonds. The van der Waals surface area contributed by atoms with Gasteiger partial charge in [-0.2, -0.15) is 0 Å². The lowest BCUT2D eigenvalue weighted by Gasteiger charge is -1.93. The van der Waals surface area contributed by atoms with Gasteiger partial charge in [0, 0.05) is 0 Å². The van der Waals surface area contributed by atoms with Gasteiger partial charge in [-0.1, -0.05) is 6.08 Å². The standard InChI is InChI=1S/C6H8O3/c1-2-3-6(8)9-5-4-7/h2,4H,1,3,5H2. The van der Waals surface area contributed by atoms with Crippen LogP contribution in [0.1, 0.15) is 6.42 Å². The van der Waals surface area contributed by atoms with Crippen LogP contribution in [0.5, 0.6) is 0 Å². The van der Waals surface area contributed by atoms with Crippen molar-refractivity contribution in [1.29, 1.82) is 0 Å². The summed E-state index contributed by atoms with van der Waals surface area (Å²) in [5, 5.41) is 0. The summed E-state index contributed by atoms with van der Waals surface area (Å²) in [4.78, 5) is 20.0. The molecule has 0 aliphatic rings. The third kappa shape index (κ3) is 4.74. The maximum Gasteiger partial charge on any atom is 0.310 e. The van der Waals surface area contributed by atoms with Crippen LogP contribution in [-0.2, 0) is 14.3 Å². The first-order chi connectivity index (χ1) is 4.31. The molecule has 0 aliphatic heterocycles. The van der Waals surface area contributed by atoms with E-state index in [9.17, 15) is 9.59 Å². The summed E-state index contributed by atoms with van der Waals surface area (Å²) in [5.41, 5.74) is 0. The maximum absolute atomic E-state index is 10.3. The predicted molar refractivity (Wildman–Crippen MR) is 31.8 cm³/mol. The summed E-state index contributed by atoms with van der Waals surface area (Å²) in [6, 6.07) is 0. The van der Waals surface area contributed by atoms with Gasteiger partial charge in [0.05, 0.1) is 6.42 Å². The zero-order valence-electron chi connectivity index (χ0n) is 5.00. The molecule has 0 saturated heterocycles. The minimum atomic E-state index is -0.419. The van der Waals surface area contributed by atoms with Gasteiger partial charge < -0.3 is 4.74 Å². The first kappa shape index (κ1) is 7.88. The summed E-state index contributed by atoms with van der Waals surface area (Å²) >= 11 is 0. The Hall–Kier alpha value is -1.12. The van der Waals surface area contributed by atoms with E-state index in [0.29, 0.717) is 6.29 Å². The summed E-state index contributed by atoms with van der Waals surface area (Å²) in [6.07, 6.45) is 2.11. The summed E-state index contributed by atoms with van der Waals surface area (Å²) < 4.78 is 4.35. The zero-order valence-corrected chi connectivity index (χ0v) is 5.00. The van der Waals surface area contributed by atoms with Gasteiger partial charge in [0.15, 0.2) is 6.29 Å². The number of hydrogen-bond acceptors (Lipinski definition) is 3. The van der Waals surface area contributed by atoms with Crippen LogP contribution in [0.3, 0.4) is 0 Å². The molecular formula is C6H8O3. The van der Waals surface area contributed by atoms with Crippen LogP contribution in [0.2, 0.25) is 0 Å². The Morgan fingerprint density at radius 1 is 1.67 bits per heavy atom. The van der Waals surface area contributed by atoms with Crippen molar-refractivity contribution >= 4 is 12.3 Å². The number of aldehydes is 1. The van der Waals surface area contributed by atoms with Crippen molar-refractivity contribution < 1.29 is 14.3 Å². The van der Waals surface area contributed by atoms with Gasteiger partial charge in [-0.25, -0.2) is 0 Å². The first-order valence-corrected chi connectivity index (χ1v) is 2.51. The van der Waals surface area contributed by atoms with Crippen molar-refractivity contribution in [3.8, 4) is 0 Å². The van der Waals surface area contributed by atoms with E-state index in [-0.39, 0.29) is 13.0 Å². The third-order valence-corrected chi connectivity index (χ3v) is 0.623. The van der Waals surface area contributed by atoms with E-state index in [1.54, 1.807) is 0 Å². The first-order valence-electron chi connectivity index (χ1n) is 2.51. The lowest BCUT2D eigenvalue weighted by molar-refractivity contribution is -0.144. The molecule has 0 radical (unpaired) electrons. The average molecular weight is 128 g/mol. The third-order valence-electron chi connectivity index (χ3n) is 0.623. The summed E-state index contributed by atoms with van der Waals surface area (Å²) in [6.45, 7) is 3.16. The minimum absolute atomic E-state index is 0.160. The number of ether oxygens (including phenoxy) is 1. The molecule has 0 atom stereocenters. The number of rotatable bonds is 4. The van der Waals surface area contributed by atoms with Gasteiger partial charge in [0.25, 0.3) is 0 Å². The van der Waals surface area contributed by atoms with Crippen LogP contribution in [0.15, 0.2) is 12.7 Å². The molecule has 0 heterocycles. The van der Waals surface area contributed by atoms with Crippen LogP contribution in [0.4, 0.5) is 0 Å². The second kappa shape index (κ2) is 5.03. The smallest absolute Gasteiger partial charge is 0.310 e. The molecule has 0 spiro atoms. The molecule has 3 heteroatoms. The molecule has 0 rings (SSSR count). The van der Waals surface area contributed by atoms with Crippen molar-refractivity contribution in [1.82, 2.24) is 0 Å². The number of carbonyl (C=O) groups excluding carboxylic acids is 2. The second-order valence-corrected chi connectivity index (χ2v) is 1.34. The lowest BCUT2D eigenvalue weighted by Crippen LogP contribution is -2.04. The van der Waals surface area contributed by atoms with E-state index in [1.165, 1.54) is 6.08 Å². The highest BCUT2D eigenvalue weighted by molar-refractivity contribution is 5.72. The Balaban J connectivity index is 3.26. The van der Waals surface area contributed by atoms with Crippen molar-refractivity contribution in [2.24, 2.45) is 0 Å². The molecule has 0 aromatic heterocycles. The Kier molecular flexibility index (Phi) is 4.40. The Bertz CT molecular complexity index is 117. The normalized spacial score (nSPS) is 8.00. The fraction of sp³-hybridized carbons (Fsp3) is 0.333. The highest BCUT2D eigenvalue weighted by Gasteiger charge is 1.95. The molecule has 0 unspecified atom stereocenters. The van der Waals surface area contributed by atoms with Gasteiger partial charge >= 0.3 is 5.97 Å². The number of esters is 1. The molecular weight excluding hydrogens is 120 g/mol. The molecule has 3 nitrogen and oxygen atoms in total. The largest absolute Gasteiger partial charge is 0.458 e. The van der Waals surface area contributed by atoms with E-state index in [0.717, 1.165) is 0 Å². The SMILES string of the molecule is C=CCC(=O)OCC=O. The molecule has 0 aromatic carbocycles. The number of carbonyl (C=O) groups is 2. The second-order valence-electron chi connectivity index (χ2n) is 1.34. The fourth-order valence-electron chi connectivity index (χ4n) is 0.304. The van der Waals surface area contributed by atoms with Crippen molar-refractivity contribution in [3.63, 3.8) is 0 Å². The Morgan fingerprint density at radius 3 is 2.78 bits per heavy atom. The van der Waals surface area contributed by atoms with Crippen LogP contribution < -0.4 is 0 Å². The Morgan fingerprint density at radius 2 is 2.33 bits per heavy atom. The van der Waals surface area contributed by atoms with Crippen LogP contribution in [0, 0.1) is 0 Å². The van der Waals surface area contributed by atoms with E-state index >= 15 is 0 Å². The van der Waals surface area contributed by atoms with Crippen LogP contribution >= 0.6 is 0 Å². The lowest BCUT2D eigenvalue weighted by atomic mass is 10.4. The molecule has 0 aliphatic carbocycles. The van der Waals surface area contributed by atoms with Crippen LogP contribution in [-0.4, -0.2) is 18.9 Å². The van der Waals surface area contributed by atoms with Crippen molar-refractivity contribution in [2.45, 2.75) is 6.42 Å². The van der Waals surface area contributed by atoms with Gasteiger partial charge in [-0.3, -0.25) is 9.59 Å². The average Bonchev–Trinajstić information content (AvgIpc) is 1.85. The molecule has 0 fully saturated rings. The van der Waals surface area contributed by atoms with Gasteiger partial charge in [0.1, 0.15) is 6.61 Å². The molecule has 0 bridgehead atoms. The van der Waals surface area contributed by atoms with Gasteiger partial charge in [0.2, 0.25) is 0 Å². The fourth-order valence-corrected chi connectivity index (χ4v) is 0.304. The zero-order chi connectivity index (χ0) is 7.11. The van der Waals surface area contributed by atoms with E-state index < -0.39 is 5.97 Å². The Labute approximate surface area is 53.3 Å². The quantitative estimate of drug-likeness (QED) is 0.311. The van der Waals surface area contributed by atoms with E-state index in [4.69, 9.17) is 0 Å². The highest BCUT2D eigenvalue weighted by atomic mass is 16.5. The topological polar surface area (TPSA) is 43.4 Å².